The second kappa shape index (κ2) is 5.89. The van der Waals surface area contributed by atoms with Crippen LogP contribution in [0.15, 0.2) is 0 Å². The molecule has 1 aliphatic carbocycles. The lowest BCUT2D eigenvalue weighted by Gasteiger charge is -2.43. The van der Waals surface area contributed by atoms with Crippen LogP contribution in [0.25, 0.3) is 0 Å². The predicted octanol–water partition coefficient (Wildman–Crippen LogP) is 2.26. The highest BCUT2D eigenvalue weighted by atomic mass is 16.5. The van der Waals surface area contributed by atoms with E-state index in [1.807, 2.05) is 0 Å². The molecule has 3 heteroatoms. The summed E-state index contributed by atoms with van der Waals surface area (Å²) in [5, 5.41) is 3.75. The van der Waals surface area contributed by atoms with E-state index in [2.05, 4.69) is 37.9 Å². The number of piperazine rings is 1. The van der Waals surface area contributed by atoms with E-state index < -0.39 is 0 Å². The van der Waals surface area contributed by atoms with Gasteiger partial charge in [-0.1, -0.05) is 6.92 Å². The van der Waals surface area contributed by atoms with Crippen molar-refractivity contribution in [3.8, 4) is 0 Å². The first kappa shape index (κ1) is 14.3. The van der Waals surface area contributed by atoms with Crippen LogP contribution in [0, 0.1) is 5.92 Å². The number of nitrogens with zero attached hydrogens (tertiary/aromatic N) is 1. The Morgan fingerprint density at radius 1 is 1.28 bits per heavy atom. The van der Waals surface area contributed by atoms with Crippen molar-refractivity contribution in [1.29, 1.82) is 0 Å². The second-order valence-electron chi connectivity index (χ2n) is 6.54. The summed E-state index contributed by atoms with van der Waals surface area (Å²) in [5.41, 5.74) is -0.0202. The molecule has 1 heterocycles. The minimum Gasteiger partial charge on any atom is -0.375 e. The van der Waals surface area contributed by atoms with Crippen LogP contribution in [0.1, 0.15) is 47.0 Å². The fourth-order valence-electron chi connectivity index (χ4n) is 3.22. The Balaban J connectivity index is 1.92. The molecule has 1 N–H and O–H groups in total. The maximum atomic E-state index is 5.87. The first-order valence-electron chi connectivity index (χ1n) is 7.67. The number of rotatable bonds is 6. The maximum absolute atomic E-state index is 5.87. The standard InChI is InChI=1S/C15H30N2O/c1-5-13-9-16-14(12-7-8-12)10-17(13)11-15(3,4)18-6-2/h12-14,16H,5-11H2,1-4H3. The molecule has 106 valence electrons. The molecule has 0 bridgehead atoms. The quantitative estimate of drug-likeness (QED) is 0.787. The summed E-state index contributed by atoms with van der Waals surface area (Å²) < 4.78 is 5.87. The van der Waals surface area contributed by atoms with Gasteiger partial charge in [0.25, 0.3) is 0 Å². The highest BCUT2D eigenvalue weighted by Gasteiger charge is 2.38. The molecule has 0 aromatic carbocycles. The number of ether oxygens (including phenoxy) is 1. The van der Waals surface area contributed by atoms with Gasteiger partial charge in [0, 0.05) is 38.3 Å². The van der Waals surface area contributed by atoms with Gasteiger partial charge in [-0.3, -0.25) is 4.90 Å². The van der Waals surface area contributed by atoms with Crippen LogP contribution >= 0.6 is 0 Å². The van der Waals surface area contributed by atoms with Crippen LogP contribution in [0.4, 0.5) is 0 Å². The van der Waals surface area contributed by atoms with Gasteiger partial charge in [0.15, 0.2) is 0 Å². The van der Waals surface area contributed by atoms with Crippen LogP contribution in [-0.2, 0) is 4.74 Å². The van der Waals surface area contributed by atoms with Crippen LogP contribution in [0.2, 0.25) is 0 Å². The molecular weight excluding hydrogens is 224 g/mol. The molecule has 3 nitrogen and oxygen atoms in total. The molecule has 0 aromatic heterocycles. The van der Waals surface area contributed by atoms with Gasteiger partial charge in [0.05, 0.1) is 5.60 Å². The largest absolute Gasteiger partial charge is 0.375 e. The first-order valence-corrected chi connectivity index (χ1v) is 7.67. The normalized spacial score (nSPS) is 30.7. The van der Waals surface area contributed by atoms with E-state index in [1.54, 1.807) is 0 Å². The number of nitrogens with one attached hydrogen (secondary N) is 1. The molecule has 0 radical (unpaired) electrons. The van der Waals surface area contributed by atoms with Gasteiger partial charge in [0.1, 0.15) is 0 Å². The van der Waals surface area contributed by atoms with Gasteiger partial charge in [-0.25, -0.2) is 0 Å². The van der Waals surface area contributed by atoms with Crippen molar-refractivity contribution in [2.45, 2.75) is 64.6 Å². The van der Waals surface area contributed by atoms with E-state index in [1.165, 1.54) is 25.8 Å². The van der Waals surface area contributed by atoms with E-state index >= 15 is 0 Å². The number of hydrogen-bond acceptors (Lipinski definition) is 3. The van der Waals surface area contributed by atoms with E-state index in [0.717, 1.165) is 31.7 Å². The lowest BCUT2D eigenvalue weighted by molar-refractivity contribution is -0.0499. The monoisotopic (exact) mass is 254 g/mol. The SMILES string of the molecule is CCOC(C)(C)CN1CC(C2CC2)NCC1CC. The molecule has 1 aliphatic heterocycles. The van der Waals surface area contributed by atoms with Gasteiger partial charge < -0.3 is 10.1 Å². The molecule has 18 heavy (non-hydrogen) atoms. The molecule has 1 saturated carbocycles. The Kier molecular flexibility index (Phi) is 4.68. The minimum atomic E-state index is -0.0202. The average molecular weight is 254 g/mol. The summed E-state index contributed by atoms with van der Waals surface area (Å²) in [6.45, 7) is 13.1. The molecular formula is C15H30N2O. The number of hydrogen-bond donors (Lipinski definition) is 1. The zero-order valence-corrected chi connectivity index (χ0v) is 12.5. The van der Waals surface area contributed by atoms with E-state index in [-0.39, 0.29) is 5.60 Å². The fraction of sp³-hybridized carbons (Fsp3) is 1.00. The highest BCUT2D eigenvalue weighted by Crippen LogP contribution is 2.34. The average Bonchev–Trinajstić information content (AvgIpc) is 3.12. The third-order valence-electron chi connectivity index (χ3n) is 4.34. The fourth-order valence-corrected chi connectivity index (χ4v) is 3.22. The molecule has 2 fully saturated rings. The van der Waals surface area contributed by atoms with Crippen molar-refractivity contribution >= 4 is 0 Å². The topological polar surface area (TPSA) is 24.5 Å². The summed E-state index contributed by atoms with van der Waals surface area (Å²) >= 11 is 0. The molecule has 0 amide bonds. The third kappa shape index (κ3) is 3.69. The van der Waals surface area contributed by atoms with Crippen molar-refractivity contribution in [1.82, 2.24) is 10.2 Å². The molecule has 0 spiro atoms. The van der Waals surface area contributed by atoms with Crippen LogP contribution in [0.5, 0.6) is 0 Å². The van der Waals surface area contributed by atoms with E-state index in [0.29, 0.717) is 6.04 Å². The Morgan fingerprint density at radius 3 is 2.56 bits per heavy atom. The van der Waals surface area contributed by atoms with E-state index in [9.17, 15) is 0 Å². The molecule has 2 unspecified atom stereocenters. The van der Waals surface area contributed by atoms with Crippen LogP contribution in [0.3, 0.4) is 0 Å². The lowest BCUT2D eigenvalue weighted by Crippen LogP contribution is -2.59. The van der Waals surface area contributed by atoms with Crippen LogP contribution in [-0.4, -0.2) is 48.8 Å². The first-order chi connectivity index (χ1) is 8.55. The second-order valence-corrected chi connectivity index (χ2v) is 6.54. The summed E-state index contributed by atoms with van der Waals surface area (Å²) in [6.07, 6.45) is 4.08. The lowest BCUT2D eigenvalue weighted by atomic mass is 10.0. The molecule has 2 rings (SSSR count). The maximum Gasteiger partial charge on any atom is 0.0752 e. The van der Waals surface area contributed by atoms with Crippen molar-refractivity contribution in [2.24, 2.45) is 5.92 Å². The molecule has 1 saturated heterocycles. The zero-order valence-electron chi connectivity index (χ0n) is 12.5. The Labute approximate surface area is 112 Å². The summed E-state index contributed by atoms with van der Waals surface area (Å²) in [6, 6.07) is 1.41. The van der Waals surface area contributed by atoms with Crippen molar-refractivity contribution < 1.29 is 4.74 Å². The van der Waals surface area contributed by atoms with Gasteiger partial charge in [-0.2, -0.15) is 0 Å². The molecule has 2 atom stereocenters. The summed E-state index contributed by atoms with van der Waals surface area (Å²) in [4.78, 5) is 2.66. The van der Waals surface area contributed by atoms with Gasteiger partial charge >= 0.3 is 0 Å². The van der Waals surface area contributed by atoms with Gasteiger partial charge in [-0.15, -0.1) is 0 Å². The zero-order chi connectivity index (χ0) is 13.2. The summed E-state index contributed by atoms with van der Waals surface area (Å²) in [5.74, 6) is 0.945. The van der Waals surface area contributed by atoms with Gasteiger partial charge in [0.2, 0.25) is 0 Å². The third-order valence-corrected chi connectivity index (χ3v) is 4.34. The Bertz CT molecular complexity index is 263. The molecule has 2 aliphatic rings. The highest BCUT2D eigenvalue weighted by molar-refractivity contribution is 4.95. The molecule has 0 aromatic rings. The van der Waals surface area contributed by atoms with E-state index in [4.69, 9.17) is 4.74 Å². The van der Waals surface area contributed by atoms with Gasteiger partial charge in [-0.05, 0) is 46.0 Å². The van der Waals surface area contributed by atoms with Crippen molar-refractivity contribution in [2.75, 3.05) is 26.2 Å². The smallest absolute Gasteiger partial charge is 0.0752 e. The Morgan fingerprint density at radius 2 is 2.00 bits per heavy atom. The summed E-state index contributed by atoms with van der Waals surface area (Å²) in [7, 11) is 0. The van der Waals surface area contributed by atoms with Crippen molar-refractivity contribution in [3.63, 3.8) is 0 Å². The minimum absolute atomic E-state index is 0.0202. The predicted molar refractivity (Wildman–Crippen MR) is 75.9 cm³/mol. The Hall–Kier alpha value is -0.120. The van der Waals surface area contributed by atoms with Crippen LogP contribution < -0.4 is 5.32 Å². The van der Waals surface area contributed by atoms with Crippen molar-refractivity contribution in [3.05, 3.63) is 0 Å².